The average molecular weight is 786 g/mol. The normalized spacial score (nSPS) is 11.1. The van der Waals surface area contributed by atoms with Gasteiger partial charge in [0, 0.05) is 12.4 Å². The fourth-order valence-corrected chi connectivity index (χ4v) is 7.00. The van der Waals surface area contributed by atoms with Crippen LogP contribution in [0.2, 0.25) is 0 Å². The zero-order valence-corrected chi connectivity index (χ0v) is 31.8. The molecule has 4 aromatic heterocycles. The van der Waals surface area contributed by atoms with Crippen molar-refractivity contribution < 1.29 is 29.2 Å². The van der Waals surface area contributed by atoms with Crippen molar-refractivity contribution in [2.45, 2.75) is 0 Å². The third-order valence-corrected chi connectivity index (χ3v) is 9.43. The number of nitrogens with zero attached hydrogens (tertiary/aromatic N) is 5. The summed E-state index contributed by atoms with van der Waals surface area (Å²) in [6, 6.07) is 55.7. The molecule has 5 nitrogen and oxygen atoms in total. The summed E-state index contributed by atoms with van der Waals surface area (Å²) in [5.74, 6) is 0. The second kappa shape index (κ2) is 17.3. The van der Waals surface area contributed by atoms with E-state index in [1.807, 2.05) is 42.5 Å². The smallest absolute Gasteiger partial charge is 1.00 e. The van der Waals surface area contributed by atoms with Gasteiger partial charge in [0.15, 0.2) is 0 Å². The summed E-state index contributed by atoms with van der Waals surface area (Å²) in [6.45, 7) is 0. The van der Waals surface area contributed by atoms with Gasteiger partial charge in [-0.25, -0.2) is 9.97 Å². The Hall–Kier alpha value is -6.57. The molecule has 0 amide bonds. The summed E-state index contributed by atoms with van der Waals surface area (Å²) in [5.41, 5.74) is 15.0. The molecule has 6 heterocycles. The molecule has 0 fully saturated rings. The van der Waals surface area contributed by atoms with Crippen LogP contribution in [-0.2, 0) is 16.8 Å². The number of halogens is 1. The van der Waals surface area contributed by atoms with E-state index in [-0.39, 0.29) is 29.2 Å². The molecule has 8 bridgehead atoms. The first-order valence-corrected chi connectivity index (χ1v) is 17.9. The third kappa shape index (κ3) is 7.67. The van der Waals surface area contributed by atoms with Gasteiger partial charge in [-0.05, 0) is 80.9 Å². The van der Waals surface area contributed by atoms with Crippen molar-refractivity contribution in [1.29, 1.82) is 0 Å². The Bertz CT molecular complexity index is 2420. The maximum atomic E-state index is 5.31. The minimum Gasteiger partial charge on any atom is -1.00 e. The second-order valence-corrected chi connectivity index (χ2v) is 12.9. The second-order valence-electron chi connectivity index (χ2n) is 12.9. The Labute approximate surface area is 342 Å². The summed E-state index contributed by atoms with van der Waals surface area (Å²) >= 11 is 0. The molecule has 0 N–H and O–H groups in total. The average Bonchev–Trinajstić information content (AvgIpc) is 4.09. The number of benzene rings is 4. The van der Waals surface area contributed by atoms with E-state index in [0.29, 0.717) is 0 Å². The van der Waals surface area contributed by atoms with E-state index in [9.17, 15) is 0 Å². The first kappa shape index (κ1) is 37.7. The van der Waals surface area contributed by atoms with Crippen molar-refractivity contribution in [3.05, 3.63) is 199 Å². The topological polar surface area (TPSA) is 66.9 Å². The molecule has 2 aliphatic rings. The summed E-state index contributed by atoms with van der Waals surface area (Å²) < 4.78 is 0. The van der Waals surface area contributed by atoms with Crippen molar-refractivity contribution in [3.63, 3.8) is 0 Å². The summed E-state index contributed by atoms with van der Waals surface area (Å²) in [7, 11) is 0. The molecular formula is C49H33ClCoN5. The van der Waals surface area contributed by atoms with Gasteiger partial charge < -0.3 is 22.4 Å². The molecule has 0 spiro atoms. The molecule has 8 aromatic rings. The first-order valence-electron chi connectivity index (χ1n) is 17.9. The van der Waals surface area contributed by atoms with Crippen molar-refractivity contribution >= 4 is 46.4 Å². The van der Waals surface area contributed by atoms with Gasteiger partial charge in [-0.15, -0.1) is 22.1 Å². The van der Waals surface area contributed by atoms with Gasteiger partial charge in [0.2, 0.25) is 0 Å². The molecule has 0 aliphatic carbocycles. The standard InChI is InChI=1S/C44H28N4.C5H5N.ClH.Co/c1-5-13-29(14-6-1)41-33-21-23-35(45-33)42(30-15-7-2-8-16-30)37-25-27-39(47-37)44(32-19-11-4-12-20-32)40-28-26-38(48-40)43(31-17-9-3-10-18-31)36-24-22-34(41)46-36;1-2-4-6-5-3-1;;/h1-28H;1-5H;1H;/q-2;;;+3/p-1. The maximum Gasteiger partial charge on any atom is 3.00 e. The number of pyridine rings is 1. The van der Waals surface area contributed by atoms with E-state index in [1.54, 1.807) is 12.4 Å². The zero-order chi connectivity index (χ0) is 36.1. The summed E-state index contributed by atoms with van der Waals surface area (Å²) in [6.07, 6.45) is 11.9. The molecule has 2 aliphatic heterocycles. The van der Waals surface area contributed by atoms with Gasteiger partial charge in [0.05, 0.1) is 22.8 Å². The van der Waals surface area contributed by atoms with Crippen LogP contribution in [0.15, 0.2) is 176 Å². The van der Waals surface area contributed by atoms with E-state index in [1.165, 1.54) is 0 Å². The molecule has 7 heteroatoms. The van der Waals surface area contributed by atoms with Crippen molar-refractivity contribution in [1.82, 2.24) is 24.9 Å². The van der Waals surface area contributed by atoms with Crippen LogP contribution in [0.25, 0.3) is 90.9 Å². The number of rotatable bonds is 4. The quantitative estimate of drug-likeness (QED) is 0.179. The predicted octanol–water partition coefficient (Wildman–Crippen LogP) is 8.66. The van der Waals surface area contributed by atoms with Gasteiger partial charge in [-0.2, -0.15) is 0 Å². The van der Waals surface area contributed by atoms with E-state index in [0.717, 1.165) is 89.4 Å². The molecule has 4 aromatic carbocycles. The number of fused-ring (bicyclic) bond motifs is 8. The number of aromatic nitrogens is 5. The van der Waals surface area contributed by atoms with Crippen molar-refractivity contribution in [3.8, 4) is 44.5 Å². The fourth-order valence-electron chi connectivity index (χ4n) is 7.00. The molecule has 0 radical (unpaired) electrons. The van der Waals surface area contributed by atoms with Gasteiger partial charge >= 0.3 is 16.8 Å². The van der Waals surface area contributed by atoms with Crippen LogP contribution in [-0.4, -0.2) is 15.0 Å². The van der Waals surface area contributed by atoms with Crippen molar-refractivity contribution in [2.75, 3.05) is 0 Å². The molecule has 0 saturated carbocycles. The summed E-state index contributed by atoms with van der Waals surface area (Å²) in [4.78, 5) is 25.0. The Morgan fingerprint density at radius 3 is 0.768 bits per heavy atom. The number of hydrogen-bond acceptors (Lipinski definition) is 3. The summed E-state index contributed by atoms with van der Waals surface area (Å²) in [5, 5.41) is 0. The fraction of sp³-hybridized carbons (Fsp3) is 0. The Morgan fingerprint density at radius 2 is 0.554 bits per heavy atom. The SMILES string of the molecule is C1=Cc2nc1c(-c1ccccc1)c1ccc([n-]1)c(-c1ccccc1)c1nc(c(-c3ccccc3)c3ccc([n-]3)c2-c2ccccc2)C=C1.[Cl-].[Co+3].c1ccncc1. The van der Waals surface area contributed by atoms with Gasteiger partial charge in [-0.1, -0.05) is 152 Å². The maximum absolute atomic E-state index is 5.31. The van der Waals surface area contributed by atoms with Crippen LogP contribution in [0.4, 0.5) is 0 Å². The minimum absolute atomic E-state index is 0. The predicted molar refractivity (Wildman–Crippen MR) is 223 cm³/mol. The molecule has 0 atom stereocenters. The molecule has 10 rings (SSSR count). The Kier molecular flexibility index (Phi) is 11.6. The van der Waals surface area contributed by atoms with Crippen LogP contribution in [0.3, 0.4) is 0 Å². The van der Waals surface area contributed by atoms with Crippen LogP contribution in [0.5, 0.6) is 0 Å². The Morgan fingerprint density at radius 1 is 0.304 bits per heavy atom. The van der Waals surface area contributed by atoms with Crippen LogP contribution < -0.4 is 22.4 Å². The Balaban J connectivity index is 0.000000552. The monoisotopic (exact) mass is 785 g/mol. The number of hydrogen-bond donors (Lipinski definition) is 0. The minimum atomic E-state index is 0. The van der Waals surface area contributed by atoms with E-state index >= 15 is 0 Å². The molecular weight excluding hydrogens is 753 g/mol. The first-order chi connectivity index (χ1) is 26.8. The van der Waals surface area contributed by atoms with Crippen LogP contribution in [0.1, 0.15) is 22.8 Å². The van der Waals surface area contributed by atoms with E-state index in [4.69, 9.17) is 19.9 Å². The van der Waals surface area contributed by atoms with Crippen LogP contribution >= 0.6 is 0 Å². The molecule has 56 heavy (non-hydrogen) atoms. The zero-order valence-electron chi connectivity index (χ0n) is 30.0. The van der Waals surface area contributed by atoms with E-state index < -0.39 is 0 Å². The van der Waals surface area contributed by atoms with Crippen molar-refractivity contribution in [2.24, 2.45) is 0 Å². The molecule has 0 unspecified atom stereocenters. The van der Waals surface area contributed by atoms with E-state index in [2.05, 4.69) is 151 Å². The van der Waals surface area contributed by atoms with Gasteiger partial charge in [-0.3, -0.25) is 4.98 Å². The van der Waals surface area contributed by atoms with Gasteiger partial charge in [0.25, 0.3) is 0 Å². The largest absolute Gasteiger partial charge is 3.00 e. The van der Waals surface area contributed by atoms with Gasteiger partial charge in [0.1, 0.15) is 0 Å². The third-order valence-electron chi connectivity index (χ3n) is 9.43. The van der Waals surface area contributed by atoms with Crippen LogP contribution in [0, 0.1) is 0 Å². The molecule has 270 valence electrons. The molecule has 0 saturated heterocycles.